The largest absolute Gasteiger partial charge is 0.767 e. The van der Waals surface area contributed by atoms with E-state index in [0.717, 1.165) is 16.7 Å². The molecule has 1 heterocycles. The first-order valence-electron chi connectivity index (χ1n) is 5.67. The highest BCUT2D eigenvalue weighted by Gasteiger charge is 2.08. The number of benzene rings is 1. The summed E-state index contributed by atoms with van der Waals surface area (Å²) < 4.78 is 23.6. The van der Waals surface area contributed by atoms with Crippen LogP contribution < -0.4 is 0 Å². The van der Waals surface area contributed by atoms with Gasteiger partial charge in [0.2, 0.25) is 0 Å². The van der Waals surface area contributed by atoms with Gasteiger partial charge in [-0.25, -0.2) is 0 Å². The zero-order chi connectivity index (χ0) is 13.3. The summed E-state index contributed by atoms with van der Waals surface area (Å²) in [6, 6.07) is 5.70. The number of rotatable bonds is 3. The molecule has 0 N–H and O–H groups in total. The van der Waals surface area contributed by atoms with Crippen molar-refractivity contribution >= 4 is 11.1 Å². The maximum absolute atomic E-state index is 11.0. The van der Waals surface area contributed by atoms with Crippen LogP contribution in [0.1, 0.15) is 22.3 Å². The molecule has 0 spiro atoms. The summed E-state index contributed by atoms with van der Waals surface area (Å²) >= 11 is -2.25. The lowest BCUT2D eigenvalue weighted by Gasteiger charge is -2.14. The van der Waals surface area contributed by atoms with Gasteiger partial charge in [-0.3, -0.25) is 8.89 Å². The highest BCUT2D eigenvalue weighted by molar-refractivity contribution is 7.79. The van der Waals surface area contributed by atoms with Gasteiger partial charge in [0.1, 0.15) is 5.03 Å². The van der Waals surface area contributed by atoms with Crippen LogP contribution in [0, 0.1) is 20.8 Å². The summed E-state index contributed by atoms with van der Waals surface area (Å²) in [5.41, 5.74) is 4.65. The maximum Gasteiger partial charge on any atom is 0.111 e. The Morgan fingerprint density at radius 3 is 2.44 bits per heavy atom. The van der Waals surface area contributed by atoms with E-state index in [1.54, 1.807) is 0 Å². The average molecular weight is 263 g/mol. The zero-order valence-corrected chi connectivity index (χ0v) is 11.5. The average Bonchev–Trinajstić information content (AvgIpc) is 2.71. The summed E-state index contributed by atoms with van der Waals surface area (Å²) in [4.78, 5) is 0. The lowest BCUT2D eigenvalue weighted by molar-refractivity contribution is 0.515. The van der Waals surface area contributed by atoms with Crippen molar-refractivity contribution in [3.63, 3.8) is 0 Å². The number of nitrogens with zero attached hydrogens (tertiary/aromatic N) is 2. The smallest absolute Gasteiger partial charge is 0.111 e. The Morgan fingerprint density at radius 1 is 1.28 bits per heavy atom. The van der Waals surface area contributed by atoms with Crippen LogP contribution in [0.15, 0.2) is 29.4 Å². The van der Waals surface area contributed by atoms with Gasteiger partial charge in [0, 0.05) is 0 Å². The quantitative estimate of drug-likeness (QED) is 0.797. The monoisotopic (exact) mass is 263 g/mol. The third-order valence-corrected chi connectivity index (χ3v) is 3.68. The van der Waals surface area contributed by atoms with E-state index in [-0.39, 0.29) is 5.03 Å². The molecular formula is C13H15N2O2S-. The van der Waals surface area contributed by atoms with E-state index in [9.17, 15) is 8.76 Å². The molecule has 1 aromatic carbocycles. The van der Waals surface area contributed by atoms with Gasteiger partial charge < -0.3 is 4.55 Å². The van der Waals surface area contributed by atoms with Gasteiger partial charge in [-0.2, -0.15) is 5.10 Å². The SMILES string of the molecule is Cc1cc(C)c(Cn2nccc2S(=O)[O-])c(C)c1. The highest BCUT2D eigenvalue weighted by Crippen LogP contribution is 2.18. The van der Waals surface area contributed by atoms with Crippen LogP contribution in [0.3, 0.4) is 0 Å². The first kappa shape index (κ1) is 13.0. The van der Waals surface area contributed by atoms with Crippen molar-refractivity contribution in [2.24, 2.45) is 0 Å². The predicted molar refractivity (Wildman–Crippen MR) is 69.2 cm³/mol. The fourth-order valence-corrected chi connectivity index (χ4v) is 2.65. The normalized spacial score (nSPS) is 12.7. The number of hydrogen-bond acceptors (Lipinski definition) is 3. The lowest BCUT2D eigenvalue weighted by Crippen LogP contribution is -2.09. The maximum atomic E-state index is 11.0. The van der Waals surface area contributed by atoms with E-state index in [0.29, 0.717) is 6.54 Å². The molecule has 0 aliphatic rings. The second kappa shape index (κ2) is 5.04. The number of aryl methyl sites for hydroxylation is 3. The van der Waals surface area contributed by atoms with Crippen LogP contribution in [0.5, 0.6) is 0 Å². The van der Waals surface area contributed by atoms with Gasteiger partial charge in [0.05, 0.1) is 12.7 Å². The molecule has 2 aromatic rings. The highest BCUT2D eigenvalue weighted by atomic mass is 32.2. The van der Waals surface area contributed by atoms with E-state index in [4.69, 9.17) is 0 Å². The van der Waals surface area contributed by atoms with E-state index < -0.39 is 11.1 Å². The molecule has 1 atom stereocenters. The Hall–Kier alpha value is -1.46. The molecule has 1 unspecified atom stereocenters. The Morgan fingerprint density at radius 2 is 1.89 bits per heavy atom. The van der Waals surface area contributed by atoms with Crippen LogP contribution in [0.2, 0.25) is 0 Å². The third kappa shape index (κ3) is 2.52. The second-order valence-corrected chi connectivity index (χ2v) is 5.33. The topological polar surface area (TPSA) is 58.0 Å². The van der Waals surface area contributed by atoms with Crippen LogP contribution >= 0.6 is 0 Å². The molecule has 4 nitrogen and oxygen atoms in total. The Kier molecular flexibility index (Phi) is 3.63. The lowest BCUT2D eigenvalue weighted by atomic mass is 10.00. The molecule has 0 fully saturated rings. The zero-order valence-electron chi connectivity index (χ0n) is 10.6. The van der Waals surface area contributed by atoms with E-state index in [1.807, 2.05) is 13.8 Å². The van der Waals surface area contributed by atoms with Crippen molar-refractivity contribution in [3.8, 4) is 0 Å². The van der Waals surface area contributed by atoms with Crippen molar-refractivity contribution in [1.82, 2.24) is 9.78 Å². The molecule has 0 bridgehead atoms. The molecule has 0 radical (unpaired) electrons. The van der Waals surface area contributed by atoms with Crippen molar-refractivity contribution in [2.45, 2.75) is 32.3 Å². The van der Waals surface area contributed by atoms with Gasteiger partial charge >= 0.3 is 0 Å². The Labute approximate surface area is 109 Å². The summed E-state index contributed by atoms with van der Waals surface area (Å²) in [6.45, 7) is 6.60. The molecule has 0 amide bonds. The molecule has 96 valence electrons. The minimum atomic E-state index is -2.25. The second-order valence-electron chi connectivity index (χ2n) is 4.44. The predicted octanol–water partition coefficient (Wildman–Crippen LogP) is 2.09. The van der Waals surface area contributed by atoms with Crippen LogP contribution in [-0.4, -0.2) is 18.5 Å². The van der Waals surface area contributed by atoms with Crippen LogP contribution in [-0.2, 0) is 17.6 Å². The molecule has 18 heavy (non-hydrogen) atoms. The van der Waals surface area contributed by atoms with Crippen molar-refractivity contribution < 1.29 is 8.76 Å². The molecule has 5 heteroatoms. The summed E-state index contributed by atoms with van der Waals surface area (Å²) in [5, 5.41) is 4.28. The van der Waals surface area contributed by atoms with Crippen LogP contribution in [0.25, 0.3) is 0 Å². The van der Waals surface area contributed by atoms with Crippen molar-refractivity contribution in [3.05, 3.63) is 46.6 Å². The van der Waals surface area contributed by atoms with Crippen molar-refractivity contribution in [2.75, 3.05) is 0 Å². The minimum Gasteiger partial charge on any atom is -0.767 e. The molecule has 0 saturated heterocycles. The van der Waals surface area contributed by atoms with Gasteiger partial charge in [0.25, 0.3) is 0 Å². The number of hydrogen-bond donors (Lipinski definition) is 0. The summed E-state index contributed by atoms with van der Waals surface area (Å²) in [7, 11) is 0. The van der Waals surface area contributed by atoms with Gasteiger partial charge in [-0.15, -0.1) is 0 Å². The van der Waals surface area contributed by atoms with Crippen molar-refractivity contribution in [1.29, 1.82) is 0 Å². The van der Waals surface area contributed by atoms with Gasteiger partial charge in [0.15, 0.2) is 0 Å². The van der Waals surface area contributed by atoms with Crippen LogP contribution in [0.4, 0.5) is 0 Å². The summed E-state index contributed by atoms with van der Waals surface area (Å²) in [6.07, 6.45) is 1.50. The minimum absolute atomic E-state index is 0.217. The Bertz CT molecular complexity index is 582. The fourth-order valence-electron chi connectivity index (χ4n) is 2.19. The van der Waals surface area contributed by atoms with Gasteiger partial charge in [-0.05, 0) is 54.6 Å². The van der Waals surface area contributed by atoms with E-state index >= 15 is 0 Å². The Balaban J connectivity index is 2.40. The summed E-state index contributed by atoms with van der Waals surface area (Å²) in [5.74, 6) is 0. The molecule has 0 aliphatic carbocycles. The molecule has 2 rings (SSSR count). The molecule has 0 aliphatic heterocycles. The molecule has 1 aromatic heterocycles. The standard InChI is InChI=1S/C13H16N2O2S/c1-9-6-10(2)12(11(3)7-9)8-15-13(18(16)17)4-5-14-15/h4-7H,8H2,1-3H3,(H,16,17)/p-1. The van der Waals surface area contributed by atoms with Gasteiger partial charge in [-0.1, -0.05) is 17.7 Å². The molecule has 0 saturated carbocycles. The first-order chi connectivity index (χ1) is 8.49. The van der Waals surface area contributed by atoms with E-state index in [1.165, 1.54) is 22.5 Å². The fraction of sp³-hybridized carbons (Fsp3) is 0.308. The first-order valence-corrected chi connectivity index (χ1v) is 6.74. The molecular weight excluding hydrogens is 248 g/mol. The third-order valence-electron chi connectivity index (χ3n) is 3.00. The van der Waals surface area contributed by atoms with E-state index in [2.05, 4.69) is 24.2 Å². The number of aromatic nitrogens is 2.